The van der Waals surface area contributed by atoms with Gasteiger partial charge in [-0.15, -0.1) is 0 Å². The Kier molecular flexibility index (Phi) is 9.33. The number of thiocarbonyl (C=S) groups is 1. The van der Waals surface area contributed by atoms with Crippen molar-refractivity contribution in [3.8, 4) is 11.5 Å². The van der Waals surface area contributed by atoms with Gasteiger partial charge in [0.2, 0.25) is 5.91 Å². The highest BCUT2D eigenvalue weighted by Gasteiger charge is 2.31. The van der Waals surface area contributed by atoms with E-state index in [0.717, 1.165) is 30.4 Å². The van der Waals surface area contributed by atoms with Gasteiger partial charge < -0.3 is 14.8 Å². The van der Waals surface area contributed by atoms with Gasteiger partial charge in [0.15, 0.2) is 11.5 Å². The average molecular weight is 485 g/mol. The molecule has 1 aliphatic rings. The molecule has 2 aromatic rings. The Balaban J connectivity index is 1.43. The Morgan fingerprint density at radius 1 is 1.06 bits per heavy atom. The van der Waals surface area contributed by atoms with E-state index >= 15 is 0 Å². The van der Waals surface area contributed by atoms with Gasteiger partial charge in [-0.3, -0.25) is 14.5 Å². The van der Waals surface area contributed by atoms with Crippen LogP contribution in [0.3, 0.4) is 0 Å². The van der Waals surface area contributed by atoms with Crippen molar-refractivity contribution in [3.63, 3.8) is 0 Å². The molecule has 0 aliphatic carbocycles. The van der Waals surface area contributed by atoms with Crippen LogP contribution in [0.5, 0.6) is 11.5 Å². The summed E-state index contributed by atoms with van der Waals surface area (Å²) in [7, 11) is 3.16. The zero-order valence-electron chi connectivity index (χ0n) is 18.8. The Bertz CT molecular complexity index is 1020. The fraction of sp³-hybridized carbons (Fsp3) is 0.320. The van der Waals surface area contributed by atoms with Gasteiger partial charge in [-0.25, -0.2) is 0 Å². The molecule has 1 N–H and O–H groups in total. The van der Waals surface area contributed by atoms with Gasteiger partial charge >= 0.3 is 0 Å². The van der Waals surface area contributed by atoms with Crippen molar-refractivity contribution >= 4 is 46.2 Å². The molecule has 3 rings (SSSR count). The van der Waals surface area contributed by atoms with E-state index in [0.29, 0.717) is 40.2 Å². The van der Waals surface area contributed by atoms with Gasteiger partial charge in [0.05, 0.1) is 19.1 Å². The third-order valence-corrected chi connectivity index (χ3v) is 6.57. The summed E-state index contributed by atoms with van der Waals surface area (Å²) in [4.78, 5) is 27.1. The SMILES string of the molecule is COc1ccc(/C=C2\SC(=S)N(CCCCCC(=O)NCc3ccccc3)C2=O)cc1OC. The van der Waals surface area contributed by atoms with Crippen molar-refractivity contribution in [2.75, 3.05) is 20.8 Å². The lowest BCUT2D eigenvalue weighted by Crippen LogP contribution is -2.29. The van der Waals surface area contributed by atoms with Crippen molar-refractivity contribution < 1.29 is 19.1 Å². The van der Waals surface area contributed by atoms with E-state index in [4.69, 9.17) is 21.7 Å². The van der Waals surface area contributed by atoms with Gasteiger partial charge in [0.25, 0.3) is 5.91 Å². The molecule has 2 amide bonds. The normalized spacial score (nSPS) is 14.6. The molecule has 6 nitrogen and oxygen atoms in total. The molecule has 2 aromatic carbocycles. The van der Waals surface area contributed by atoms with Crippen LogP contribution in [-0.2, 0) is 16.1 Å². The lowest BCUT2D eigenvalue weighted by atomic mass is 10.1. The first-order valence-electron chi connectivity index (χ1n) is 10.8. The van der Waals surface area contributed by atoms with Gasteiger partial charge in [0.1, 0.15) is 4.32 Å². The van der Waals surface area contributed by atoms with Crippen LogP contribution in [0.15, 0.2) is 53.4 Å². The number of nitrogens with zero attached hydrogens (tertiary/aromatic N) is 1. The topological polar surface area (TPSA) is 67.9 Å². The number of hydrogen-bond acceptors (Lipinski definition) is 6. The number of hydrogen-bond donors (Lipinski definition) is 1. The quantitative estimate of drug-likeness (QED) is 0.281. The van der Waals surface area contributed by atoms with E-state index in [1.54, 1.807) is 25.2 Å². The van der Waals surface area contributed by atoms with Gasteiger partial charge in [-0.05, 0) is 42.2 Å². The number of thioether (sulfide) groups is 1. The first-order chi connectivity index (χ1) is 16.0. The molecule has 0 radical (unpaired) electrons. The number of rotatable bonds is 11. The Morgan fingerprint density at radius 2 is 1.82 bits per heavy atom. The molecule has 174 valence electrons. The minimum absolute atomic E-state index is 0.0438. The number of unbranched alkanes of at least 4 members (excludes halogenated alkanes) is 2. The summed E-state index contributed by atoms with van der Waals surface area (Å²) in [5.41, 5.74) is 1.93. The monoisotopic (exact) mass is 484 g/mol. The molecule has 8 heteroatoms. The number of nitrogens with one attached hydrogen (secondary N) is 1. The summed E-state index contributed by atoms with van der Waals surface area (Å²) in [5, 5.41) is 2.94. The Labute approximate surface area is 204 Å². The fourth-order valence-corrected chi connectivity index (χ4v) is 4.71. The van der Waals surface area contributed by atoms with Gasteiger partial charge in [-0.1, -0.05) is 66.8 Å². The van der Waals surface area contributed by atoms with Crippen LogP contribution in [0, 0.1) is 0 Å². The molecule has 1 fully saturated rings. The molecule has 0 spiro atoms. The van der Waals surface area contributed by atoms with Crippen LogP contribution in [0.1, 0.15) is 36.8 Å². The van der Waals surface area contributed by atoms with Crippen molar-refractivity contribution in [3.05, 3.63) is 64.6 Å². The highest BCUT2D eigenvalue weighted by atomic mass is 32.2. The zero-order valence-corrected chi connectivity index (χ0v) is 20.5. The zero-order chi connectivity index (χ0) is 23.6. The smallest absolute Gasteiger partial charge is 0.266 e. The second-order valence-corrected chi connectivity index (χ2v) is 9.20. The highest BCUT2D eigenvalue weighted by molar-refractivity contribution is 8.26. The van der Waals surface area contributed by atoms with Crippen LogP contribution >= 0.6 is 24.0 Å². The predicted octanol–water partition coefficient (Wildman–Crippen LogP) is 4.78. The summed E-state index contributed by atoms with van der Waals surface area (Å²) < 4.78 is 11.1. The number of ether oxygens (including phenoxy) is 2. The summed E-state index contributed by atoms with van der Waals surface area (Å²) in [5.74, 6) is 1.20. The van der Waals surface area contributed by atoms with Crippen LogP contribution in [0.2, 0.25) is 0 Å². The molecular formula is C25H28N2O4S2. The third-order valence-electron chi connectivity index (χ3n) is 5.20. The number of carbonyl (C=O) groups excluding carboxylic acids is 2. The van der Waals surface area contributed by atoms with Crippen LogP contribution < -0.4 is 14.8 Å². The average Bonchev–Trinajstić information content (AvgIpc) is 3.10. The molecule has 0 atom stereocenters. The molecule has 1 saturated heterocycles. The molecule has 1 aliphatic heterocycles. The summed E-state index contributed by atoms with van der Waals surface area (Å²) >= 11 is 6.72. The number of amides is 2. The first kappa shape index (κ1) is 24.8. The number of methoxy groups -OCH3 is 2. The second kappa shape index (κ2) is 12.4. The van der Waals surface area contributed by atoms with Gasteiger partial charge in [0, 0.05) is 19.5 Å². The maximum Gasteiger partial charge on any atom is 0.266 e. The minimum Gasteiger partial charge on any atom is -0.493 e. The van der Waals surface area contributed by atoms with Crippen molar-refractivity contribution in [1.82, 2.24) is 10.2 Å². The van der Waals surface area contributed by atoms with Crippen LogP contribution in [0.25, 0.3) is 6.08 Å². The molecule has 0 bridgehead atoms. The van der Waals surface area contributed by atoms with E-state index in [1.807, 2.05) is 48.5 Å². The molecule has 1 heterocycles. The van der Waals surface area contributed by atoms with E-state index in [2.05, 4.69) is 5.32 Å². The summed E-state index contributed by atoms with van der Waals surface area (Å²) in [6.45, 7) is 1.10. The summed E-state index contributed by atoms with van der Waals surface area (Å²) in [6, 6.07) is 15.3. The predicted molar refractivity (Wildman–Crippen MR) is 136 cm³/mol. The first-order valence-corrected chi connectivity index (χ1v) is 12.0. The molecule has 0 saturated carbocycles. The maximum absolute atomic E-state index is 12.8. The van der Waals surface area contributed by atoms with E-state index in [1.165, 1.54) is 11.8 Å². The summed E-state index contributed by atoms with van der Waals surface area (Å²) in [6.07, 6.45) is 4.71. The largest absolute Gasteiger partial charge is 0.493 e. The van der Waals surface area contributed by atoms with Crippen LogP contribution in [-0.4, -0.2) is 41.8 Å². The lowest BCUT2D eigenvalue weighted by Gasteiger charge is -2.14. The molecule has 0 aromatic heterocycles. The van der Waals surface area contributed by atoms with Crippen molar-refractivity contribution in [1.29, 1.82) is 0 Å². The van der Waals surface area contributed by atoms with E-state index < -0.39 is 0 Å². The maximum atomic E-state index is 12.8. The van der Waals surface area contributed by atoms with E-state index in [9.17, 15) is 9.59 Å². The second-order valence-electron chi connectivity index (χ2n) is 7.52. The van der Waals surface area contributed by atoms with Crippen molar-refractivity contribution in [2.45, 2.75) is 32.2 Å². The molecule has 0 unspecified atom stereocenters. The highest BCUT2D eigenvalue weighted by Crippen LogP contribution is 2.34. The number of carbonyl (C=O) groups is 2. The minimum atomic E-state index is -0.0830. The third kappa shape index (κ3) is 7.07. The molecular weight excluding hydrogens is 456 g/mol. The Morgan fingerprint density at radius 3 is 2.55 bits per heavy atom. The van der Waals surface area contributed by atoms with E-state index in [-0.39, 0.29) is 11.8 Å². The van der Waals surface area contributed by atoms with Crippen LogP contribution in [0.4, 0.5) is 0 Å². The van der Waals surface area contributed by atoms with Gasteiger partial charge in [-0.2, -0.15) is 0 Å². The van der Waals surface area contributed by atoms with Crippen molar-refractivity contribution in [2.24, 2.45) is 0 Å². The standard InChI is InChI=1S/C25H28N2O4S2/c1-30-20-13-12-19(15-21(20)31-2)16-22-24(29)27(25(32)33-22)14-8-4-7-11-23(28)26-17-18-9-5-3-6-10-18/h3,5-6,9-10,12-13,15-16H,4,7-8,11,14,17H2,1-2H3,(H,26,28)/b22-16-. The number of benzene rings is 2. The molecule has 33 heavy (non-hydrogen) atoms. The lowest BCUT2D eigenvalue weighted by molar-refractivity contribution is -0.123. The Hall–Kier alpha value is -2.84. The fourth-order valence-electron chi connectivity index (χ4n) is 3.40.